The molecule has 228 valence electrons. The zero-order valence-corrected chi connectivity index (χ0v) is 25.9. The third kappa shape index (κ3) is 9.43. The number of carbonyl (C=O) groups excluding carboxylic acids is 1. The lowest BCUT2D eigenvalue weighted by Crippen LogP contribution is -2.47. The highest BCUT2D eigenvalue weighted by molar-refractivity contribution is 7.92. The van der Waals surface area contributed by atoms with Crippen LogP contribution in [0.25, 0.3) is 0 Å². The van der Waals surface area contributed by atoms with Gasteiger partial charge in [-0.25, -0.2) is 8.42 Å². The molecule has 1 heterocycles. The molecule has 0 radical (unpaired) electrons. The minimum absolute atomic E-state index is 0.0155. The highest BCUT2D eigenvalue weighted by Gasteiger charge is 2.30. The maximum absolute atomic E-state index is 14.2. The molecule has 0 aliphatic carbocycles. The van der Waals surface area contributed by atoms with Crippen molar-refractivity contribution in [1.82, 2.24) is 9.80 Å². The fraction of sp³-hybridized carbons (Fsp3) is 0.581. The number of benzene rings is 2. The molecule has 0 saturated heterocycles. The van der Waals surface area contributed by atoms with Crippen LogP contribution in [0.15, 0.2) is 53.4 Å². The number of sulfonamides is 1. The Morgan fingerprint density at radius 2 is 1.88 bits per heavy atom. The average molecular weight is 590 g/mol. The largest absolute Gasteiger partial charge is 0.490 e. The van der Waals surface area contributed by atoms with Gasteiger partial charge in [0.1, 0.15) is 5.75 Å². The van der Waals surface area contributed by atoms with Crippen molar-refractivity contribution in [2.75, 3.05) is 44.6 Å². The van der Waals surface area contributed by atoms with Gasteiger partial charge < -0.3 is 24.4 Å². The van der Waals surface area contributed by atoms with Gasteiger partial charge >= 0.3 is 0 Å². The highest BCUT2D eigenvalue weighted by atomic mass is 32.2. The molecule has 10 heteroatoms. The maximum Gasteiger partial charge on any atom is 0.261 e. The molecule has 0 fully saturated rings. The summed E-state index contributed by atoms with van der Waals surface area (Å²) in [5, 5.41) is 10.1. The molecule has 2 N–H and O–H groups in total. The molecule has 0 aromatic heterocycles. The fourth-order valence-electron chi connectivity index (χ4n) is 5.04. The Hall–Kier alpha value is -2.66. The monoisotopic (exact) mass is 589 g/mol. The predicted octanol–water partition coefficient (Wildman–Crippen LogP) is 4.62. The molecule has 1 aliphatic heterocycles. The minimum Gasteiger partial charge on any atom is -0.490 e. The molecule has 0 bridgehead atoms. The van der Waals surface area contributed by atoms with Gasteiger partial charge in [-0.05, 0) is 83.5 Å². The lowest BCUT2D eigenvalue weighted by atomic mass is 10.0. The summed E-state index contributed by atoms with van der Waals surface area (Å²) in [5.74, 6) is 0.0397. The molecule has 1 aliphatic rings. The minimum atomic E-state index is -3.86. The summed E-state index contributed by atoms with van der Waals surface area (Å²) in [4.78, 5) is 18.2. The van der Waals surface area contributed by atoms with Gasteiger partial charge in [0.2, 0.25) is 0 Å². The molecule has 41 heavy (non-hydrogen) atoms. The molecule has 2 aromatic rings. The SMILES string of the molecule is CCCN(C)C[C@H]1OCCCC[C@@H](C)Oc2ccc(NS(=O)(=O)c3ccccc3)cc2C(=O)N([C@H](C)CO)C[C@H]1C. The number of carbonyl (C=O) groups is 1. The second-order valence-electron chi connectivity index (χ2n) is 11.2. The van der Waals surface area contributed by atoms with Crippen LogP contribution in [0.3, 0.4) is 0 Å². The number of rotatable bonds is 9. The predicted molar refractivity (Wildman–Crippen MR) is 162 cm³/mol. The van der Waals surface area contributed by atoms with E-state index in [1.807, 2.05) is 6.92 Å². The van der Waals surface area contributed by atoms with Crippen molar-refractivity contribution in [2.24, 2.45) is 5.92 Å². The fourth-order valence-corrected chi connectivity index (χ4v) is 6.11. The van der Waals surface area contributed by atoms with Crippen LogP contribution in [-0.2, 0) is 14.8 Å². The number of nitrogens with zero attached hydrogens (tertiary/aromatic N) is 2. The van der Waals surface area contributed by atoms with Gasteiger partial charge in [-0.1, -0.05) is 32.0 Å². The average Bonchev–Trinajstić information content (AvgIpc) is 2.95. The smallest absolute Gasteiger partial charge is 0.261 e. The second kappa shape index (κ2) is 15.5. The molecule has 9 nitrogen and oxygen atoms in total. The van der Waals surface area contributed by atoms with Gasteiger partial charge in [0.15, 0.2) is 0 Å². The summed E-state index contributed by atoms with van der Waals surface area (Å²) in [6.07, 6.45) is 3.38. The number of hydrogen-bond donors (Lipinski definition) is 2. The van der Waals surface area contributed by atoms with Crippen LogP contribution < -0.4 is 9.46 Å². The van der Waals surface area contributed by atoms with Crippen molar-refractivity contribution in [3.05, 3.63) is 54.1 Å². The number of anilines is 1. The summed E-state index contributed by atoms with van der Waals surface area (Å²) >= 11 is 0. The summed E-state index contributed by atoms with van der Waals surface area (Å²) in [5.41, 5.74) is 0.501. The zero-order valence-electron chi connectivity index (χ0n) is 25.1. The standard InChI is InChI=1S/C31H47N3O6S/c1-6-17-33(5)21-30-23(2)20-34(24(3)22-35)31(36)28-19-26(32-41(37,38)27-13-8-7-9-14-27)15-16-29(28)40-25(4)12-10-11-18-39-30/h7-9,13-16,19,23-25,30,32,35H,6,10-12,17-18,20-22H2,1-5H3/t23-,24-,25-,30-/m1/s1. The van der Waals surface area contributed by atoms with E-state index in [-0.39, 0.29) is 46.8 Å². The summed E-state index contributed by atoms with van der Waals surface area (Å²) in [6, 6.07) is 12.4. The third-order valence-electron chi connectivity index (χ3n) is 7.45. The topological polar surface area (TPSA) is 108 Å². The van der Waals surface area contributed by atoms with Gasteiger partial charge in [0.05, 0.1) is 35.3 Å². The number of ether oxygens (including phenoxy) is 2. The van der Waals surface area contributed by atoms with Crippen molar-refractivity contribution in [1.29, 1.82) is 0 Å². The number of aliphatic hydroxyl groups excluding tert-OH is 1. The van der Waals surface area contributed by atoms with Crippen LogP contribution in [0.1, 0.15) is 63.7 Å². The van der Waals surface area contributed by atoms with E-state index in [4.69, 9.17) is 9.47 Å². The maximum atomic E-state index is 14.2. The number of fused-ring (bicyclic) bond motifs is 1. The first-order valence-corrected chi connectivity index (χ1v) is 16.1. The van der Waals surface area contributed by atoms with E-state index in [0.29, 0.717) is 18.9 Å². The quantitative estimate of drug-likeness (QED) is 0.439. The third-order valence-corrected chi connectivity index (χ3v) is 8.85. The number of likely N-dealkylation sites (N-methyl/N-ethyl adjacent to an activating group) is 1. The van der Waals surface area contributed by atoms with Crippen molar-refractivity contribution >= 4 is 21.6 Å². The molecule has 0 saturated carbocycles. The van der Waals surface area contributed by atoms with Crippen LogP contribution in [0.4, 0.5) is 5.69 Å². The Morgan fingerprint density at radius 3 is 2.56 bits per heavy atom. The van der Waals surface area contributed by atoms with Gasteiger partial charge in [0, 0.05) is 31.3 Å². The lowest BCUT2D eigenvalue weighted by molar-refractivity contribution is -0.0167. The van der Waals surface area contributed by atoms with E-state index in [0.717, 1.165) is 38.8 Å². The normalized spacial score (nSPS) is 22.0. The van der Waals surface area contributed by atoms with Crippen LogP contribution in [0, 0.1) is 5.92 Å². The van der Waals surface area contributed by atoms with Gasteiger partial charge in [-0.3, -0.25) is 9.52 Å². The molecule has 0 spiro atoms. The molecule has 4 atom stereocenters. The van der Waals surface area contributed by atoms with Crippen LogP contribution in [-0.4, -0.2) is 87.4 Å². The second-order valence-corrected chi connectivity index (χ2v) is 12.9. The van der Waals surface area contributed by atoms with E-state index in [1.54, 1.807) is 42.2 Å². The summed E-state index contributed by atoms with van der Waals surface area (Å²) < 4.78 is 41.3. The Morgan fingerprint density at radius 1 is 1.15 bits per heavy atom. The van der Waals surface area contributed by atoms with Gasteiger partial charge in [0.25, 0.3) is 15.9 Å². The molecular formula is C31H47N3O6S. The summed E-state index contributed by atoms with van der Waals surface area (Å²) in [7, 11) is -1.78. The van der Waals surface area contributed by atoms with Crippen LogP contribution in [0.5, 0.6) is 5.75 Å². The first-order valence-electron chi connectivity index (χ1n) is 14.7. The zero-order chi connectivity index (χ0) is 30.0. The molecule has 3 rings (SSSR count). The Labute approximate surface area is 245 Å². The first-order chi connectivity index (χ1) is 19.6. The van der Waals surface area contributed by atoms with Gasteiger partial charge in [-0.15, -0.1) is 0 Å². The lowest BCUT2D eigenvalue weighted by Gasteiger charge is -2.35. The van der Waals surface area contributed by atoms with Crippen LogP contribution >= 0.6 is 0 Å². The molecule has 2 aromatic carbocycles. The van der Waals surface area contributed by atoms with Crippen molar-refractivity contribution < 1.29 is 27.8 Å². The molecular weight excluding hydrogens is 542 g/mol. The number of nitrogens with one attached hydrogen (secondary N) is 1. The van der Waals surface area contributed by atoms with E-state index < -0.39 is 16.1 Å². The van der Waals surface area contributed by atoms with Crippen molar-refractivity contribution in [3.63, 3.8) is 0 Å². The van der Waals surface area contributed by atoms with E-state index in [2.05, 4.69) is 30.5 Å². The van der Waals surface area contributed by atoms with E-state index in [9.17, 15) is 18.3 Å². The highest BCUT2D eigenvalue weighted by Crippen LogP contribution is 2.29. The summed E-state index contributed by atoms with van der Waals surface area (Å²) in [6.45, 7) is 10.5. The molecule has 0 unspecified atom stereocenters. The number of amides is 1. The van der Waals surface area contributed by atoms with Crippen molar-refractivity contribution in [2.45, 2.75) is 76.5 Å². The van der Waals surface area contributed by atoms with Gasteiger partial charge in [-0.2, -0.15) is 0 Å². The Balaban J connectivity index is 2.00. The number of aliphatic hydroxyl groups is 1. The Bertz CT molecular complexity index is 1210. The van der Waals surface area contributed by atoms with E-state index >= 15 is 0 Å². The van der Waals surface area contributed by atoms with Crippen molar-refractivity contribution in [3.8, 4) is 5.75 Å². The molecule has 1 amide bonds. The van der Waals surface area contributed by atoms with E-state index in [1.165, 1.54) is 18.2 Å². The Kier molecular flexibility index (Phi) is 12.4. The first kappa shape index (κ1) is 32.8. The number of hydrogen-bond acceptors (Lipinski definition) is 7. The van der Waals surface area contributed by atoms with Crippen LogP contribution in [0.2, 0.25) is 0 Å².